The van der Waals surface area contributed by atoms with Gasteiger partial charge < -0.3 is 15.4 Å². The molecule has 5 aliphatic rings. The number of carbonyl (C=O) groups excluding carboxylic acids is 3. The van der Waals surface area contributed by atoms with Crippen molar-refractivity contribution in [3.05, 3.63) is 46.9 Å². The summed E-state index contributed by atoms with van der Waals surface area (Å²) < 4.78 is 18.6. The summed E-state index contributed by atoms with van der Waals surface area (Å²) in [6, 6.07) is 4.64. The number of nitrogens with one attached hydrogen (secondary N) is 3. The van der Waals surface area contributed by atoms with Gasteiger partial charge in [-0.3, -0.25) is 14.4 Å². The van der Waals surface area contributed by atoms with Crippen LogP contribution in [0.15, 0.2) is 40.0 Å². The van der Waals surface area contributed by atoms with Crippen LogP contribution in [0, 0.1) is 23.6 Å². The van der Waals surface area contributed by atoms with Gasteiger partial charge >= 0.3 is 5.97 Å². The summed E-state index contributed by atoms with van der Waals surface area (Å²) in [7, 11) is 1.44. The normalized spacial score (nSPS) is 26.0. The van der Waals surface area contributed by atoms with Gasteiger partial charge in [-0.25, -0.2) is 24.8 Å². The fourth-order valence-electron chi connectivity index (χ4n) is 5.71. The van der Waals surface area contributed by atoms with Crippen LogP contribution in [0.5, 0.6) is 0 Å². The first kappa shape index (κ1) is 25.1. The van der Waals surface area contributed by atoms with E-state index in [4.69, 9.17) is 4.74 Å². The number of hydrogen-bond donors (Lipinski definition) is 3. The van der Waals surface area contributed by atoms with Crippen molar-refractivity contribution in [2.24, 2.45) is 20.8 Å². The van der Waals surface area contributed by atoms with Gasteiger partial charge in [-0.1, -0.05) is 12.1 Å². The monoisotopic (exact) mass is 510 g/mol. The third-order valence-corrected chi connectivity index (χ3v) is 8.17. The second kappa shape index (κ2) is 9.70. The van der Waals surface area contributed by atoms with Gasteiger partial charge in [0.1, 0.15) is 23.9 Å². The quantitative estimate of drug-likeness (QED) is 0.481. The lowest BCUT2D eigenvalue weighted by Crippen LogP contribution is -2.52. The molecule has 6 rings (SSSR count). The number of hydrazine groups is 1. The first-order chi connectivity index (χ1) is 17.7. The second-order valence-electron chi connectivity index (χ2n) is 10.4. The molecule has 2 heterocycles. The number of fused-ring (bicyclic) bond motifs is 4. The van der Waals surface area contributed by atoms with Crippen LogP contribution in [0.1, 0.15) is 49.7 Å². The maximum absolute atomic E-state index is 13.5. The fraction of sp³-hybridized carbons (Fsp3) is 0.500. The molecule has 0 atom stereocenters. The molecule has 37 heavy (non-hydrogen) atoms. The first-order valence-corrected chi connectivity index (χ1v) is 12.5. The molecule has 0 radical (unpaired) electrons. The van der Waals surface area contributed by atoms with E-state index in [0.29, 0.717) is 12.1 Å². The van der Waals surface area contributed by atoms with Gasteiger partial charge in [0, 0.05) is 19.2 Å². The molecule has 196 valence electrons. The average Bonchev–Trinajstić information content (AvgIpc) is 3.41. The molecule has 3 aliphatic carbocycles. The van der Waals surface area contributed by atoms with Crippen LogP contribution in [-0.2, 0) is 25.7 Å². The number of halogens is 1. The number of amides is 2. The minimum atomic E-state index is -0.459. The summed E-state index contributed by atoms with van der Waals surface area (Å²) in [6.45, 7) is 2.59. The first-order valence-electron chi connectivity index (χ1n) is 12.5. The summed E-state index contributed by atoms with van der Waals surface area (Å²) in [5.74, 6) is -0.975. The molecule has 3 fully saturated rings. The van der Waals surface area contributed by atoms with Gasteiger partial charge in [-0.05, 0) is 68.1 Å². The summed E-state index contributed by atoms with van der Waals surface area (Å²) in [5, 5.41) is 7.31. The molecule has 2 aliphatic heterocycles. The van der Waals surface area contributed by atoms with E-state index >= 15 is 0 Å². The lowest BCUT2D eigenvalue weighted by Gasteiger charge is -2.51. The molecular formula is C26H31FN6O4. The standard InChI is InChI=1S/C26H31FN6O4/c1-16-11-17(3-4-18(16)27)13-28-21(34)19-12-20(33-24(32-19)30-15-31-33)22(35)29-14-25-5-8-26(9-6-25,10-7-25)23(36)37-2/h3-4,11-12,31H,5-10,13-15H2,1-2H3,(H,28,34)(H,29,35). The molecular weight excluding hydrogens is 479 g/mol. The van der Waals surface area contributed by atoms with Gasteiger partial charge in [0.15, 0.2) is 0 Å². The van der Waals surface area contributed by atoms with Crippen molar-refractivity contribution >= 4 is 29.5 Å². The van der Waals surface area contributed by atoms with E-state index in [1.54, 1.807) is 19.1 Å². The van der Waals surface area contributed by atoms with E-state index in [-0.39, 0.29) is 59.1 Å². The number of ether oxygens (including phenoxy) is 1. The molecule has 11 heteroatoms. The molecule has 3 saturated carbocycles. The van der Waals surface area contributed by atoms with E-state index in [2.05, 4.69) is 26.0 Å². The maximum atomic E-state index is 13.5. The van der Waals surface area contributed by atoms with Crippen molar-refractivity contribution in [2.75, 3.05) is 20.3 Å². The highest BCUT2D eigenvalue weighted by atomic mass is 19.1. The Labute approximate surface area is 214 Å². The number of esters is 1. The summed E-state index contributed by atoms with van der Waals surface area (Å²) in [5.41, 5.74) is 4.12. The van der Waals surface area contributed by atoms with Crippen LogP contribution in [0.4, 0.5) is 4.39 Å². The van der Waals surface area contributed by atoms with E-state index in [1.807, 2.05) is 0 Å². The SMILES string of the molecule is COC(=O)C12CCC(CNC(=O)C3=CC(C(=O)NCc4ccc(F)c(C)c4)=NC4=NCNN34)(CC1)CC2. The molecule has 0 aromatic heterocycles. The van der Waals surface area contributed by atoms with E-state index < -0.39 is 5.91 Å². The number of nitrogens with zero attached hydrogens (tertiary/aromatic N) is 3. The average molecular weight is 511 g/mol. The van der Waals surface area contributed by atoms with Crippen molar-refractivity contribution in [1.82, 2.24) is 21.1 Å². The summed E-state index contributed by atoms with van der Waals surface area (Å²) >= 11 is 0. The van der Waals surface area contributed by atoms with Crippen LogP contribution in [0.25, 0.3) is 0 Å². The Morgan fingerprint density at radius 1 is 1.11 bits per heavy atom. The number of benzene rings is 1. The number of carbonyl (C=O) groups is 3. The van der Waals surface area contributed by atoms with Crippen molar-refractivity contribution < 1.29 is 23.5 Å². The molecule has 2 amide bonds. The molecule has 0 unspecified atom stereocenters. The third kappa shape index (κ3) is 4.75. The number of aryl methyl sites for hydroxylation is 1. The largest absolute Gasteiger partial charge is 0.469 e. The zero-order valence-corrected chi connectivity index (χ0v) is 21.0. The lowest BCUT2D eigenvalue weighted by atomic mass is 9.53. The Morgan fingerprint density at radius 3 is 2.51 bits per heavy atom. The van der Waals surface area contributed by atoms with Crippen LogP contribution in [0.3, 0.4) is 0 Å². The predicted octanol–water partition coefficient (Wildman–Crippen LogP) is 1.85. The van der Waals surface area contributed by atoms with Crippen LogP contribution in [0.2, 0.25) is 0 Å². The summed E-state index contributed by atoms with van der Waals surface area (Å²) in [6.07, 6.45) is 6.32. The molecule has 0 saturated heterocycles. The number of hydrogen-bond acceptors (Lipinski definition) is 8. The Bertz CT molecular complexity index is 1210. The molecule has 3 N–H and O–H groups in total. The highest BCUT2D eigenvalue weighted by Crippen LogP contribution is 2.57. The van der Waals surface area contributed by atoms with Gasteiger partial charge in [0.25, 0.3) is 11.8 Å². The predicted molar refractivity (Wildman–Crippen MR) is 133 cm³/mol. The van der Waals surface area contributed by atoms with Crippen LogP contribution < -0.4 is 16.1 Å². The number of rotatable bonds is 7. The fourth-order valence-corrected chi connectivity index (χ4v) is 5.71. The highest BCUT2D eigenvalue weighted by molar-refractivity contribution is 6.46. The highest BCUT2D eigenvalue weighted by Gasteiger charge is 2.53. The van der Waals surface area contributed by atoms with Gasteiger partial charge in [0.2, 0.25) is 5.96 Å². The molecule has 1 aromatic rings. The summed E-state index contributed by atoms with van der Waals surface area (Å²) in [4.78, 5) is 47.0. The lowest BCUT2D eigenvalue weighted by molar-refractivity contribution is -0.162. The Hall–Kier alpha value is -3.60. The van der Waals surface area contributed by atoms with Crippen molar-refractivity contribution in [3.63, 3.8) is 0 Å². The van der Waals surface area contributed by atoms with Gasteiger partial charge in [-0.2, -0.15) is 0 Å². The van der Waals surface area contributed by atoms with E-state index in [0.717, 1.165) is 44.1 Å². The number of guanidine groups is 1. The van der Waals surface area contributed by atoms with E-state index in [9.17, 15) is 18.8 Å². The smallest absolute Gasteiger partial charge is 0.311 e. The van der Waals surface area contributed by atoms with Crippen molar-refractivity contribution in [3.8, 4) is 0 Å². The number of methoxy groups -OCH3 is 1. The topological polar surface area (TPSA) is 124 Å². The van der Waals surface area contributed by atoms with Gasteiger partial charge in [0.05, 0.1) is 12.5 Å². The Morgan fingerprint density at radius 2 is 1.84 bits per heavy atom. The van der Waals surface area contributed by atoms with Gasteiger partial charge in [-0.15, -0.1) is 0 Å². The van der Waals surface area contributed by atoms with Crippen molar-refractivity contribution in [2.45, 2.75) is 52.0 Å². The van der Waals surface area contributed by atoms with Crippen molar-refractivity contribution in [1.29, 1.82) is 0 Å². The Balaban J connectivity index is 1.24. The zero-order chi connectivity index (χ0) is 26.2. The Kier molecular flexibility index (Phi) is 6.57. The molecule has 0 spiro atoms. The van der Waals surface area contributed by atoms with E-state index in [1.165, 1.54) is 24.3 Å². The molecule has 2 bridgehead atoms. The minimum Gasteiger partial charge on any atom is -0.469 e. The maximum Gasteiger partial charge on any atom is 0.311 e. The van der Waals surface area contributed by atoms with Crippen LogP contribution in [-0.4, -0.2) is 54.8 Å². The molecule has 10 nitrogen and oxygen atoms in total. The van der Waals surface area contributed by atoms with Crippen LogP contribution >= 0.6 is 0 Å². The minimum absolute atomic E-state index is 0.0440. The zero-order valence-electron chi connectivity index (χ0n) is 21.0. The second-order valence-corrected chi connectivity index (χ2v) is 10.4. The molecule has 1 aromatic carbocycles. The third-order valence-electron chi connectivity index (χ3n) is 8.17. The number of aliphatic imine (C=N–C) groups is 2.